The Morgan fingerprint density at radius 3 is 2.54 bits per heavy atom. The van der Waals surface area contributed by atoms with Gasteiger partial charge in [-0.25, -0.2) is 13.8 Å². The second-order valence-electron chi connectivity index (χ2n) is 6.92. The number of carbonyl (C=O) groups is 1. The molecule has 1 amide bonds. The molecule has 2 saturated heterocycles. The van der Waals surface area contributed by atoms with Gasteiger partial charge in [0.15, 0.2) is 16.8 Å². The van der Waals surface area contributed by atoms with Gasteiger partial charge in [0, 0.05) is 56.8 Å². The highest BCUT2D eigenvalue weighted by Gasteiger charge is 2.24. The molecule has 1 aromatic heterocycles. The Labute approximate surface area is 166 Å². The van der Waals surface area contributed by atoms with Crippen molar-refractivity contribution in [1.29, 1.82) is 0 Å². The second kappa shape index (κ2) is 8.50. The molecule has 3 heterocycles. The van der Waals surface area contributed by atoms with Crippen molar-refractivity contribution in [1.82, 2.24) is 14.8 Å². The van der Waals surface area contributed by atoms with Gasteiger partial charge in [-0.15, -0.1) is 11.3 Å². The van der Waals surface area contributed by atoms with Crippen LogP contribution < -0.4 is 4.90 Å². The number of morpholine rings is 1. The molecule has 150 valence electrons. The molecule has 0 unspecified atom stereocenters. The Hall–Kier alpha value is -2.10. The molecule has 6 nitrogen and oxygen atoms in total. The summed E-state index contributed by atoms with van der Waals surface area (Å²) in [5.41, 5.74) is 1.23. The van der Waals surface area contributed by atoms with Gasteiger partial charge in [-0.2, -0.15) is 0 Å². The fourth-order valence-corrected chi connectivity index (χ4v) is 4.29. The van der Waals surface area contributed by atoms with Crippen LogP contribution >= 0.6 is 11.3 Å². The summed E-state index contributed by atoms with van der Waals surface area (Å²) in [6.07, 6.45) is 0. The van der Waals surface area contributed by atoms with E-state index in [1.807, 2.05) is 0 Å². The van der Waals surface area contributed by atoms with Crippen molar-refractivity contribution in [2.75, 3.05) is 57.4 Å². The maximum absolute atomic E-state index is 13.4. The summed E-state index contributed by atoms with van der Waals surface area (Å²) in [5.74, 6) is -2.22. The summed E-state index contributed by atoms with van der Waals surface area (Å²) in [5, 5.41) is 3.05. The quantitative estimate of drug-likeness (QED) is 0.777. The van der Waals surface area contributed by atoms with E-state index in [4.69, 9.17) is 9.72 Å². The molecule has 2 fully saturated rings. The molecule has 2 aliphatic heterocycles. The van der Waals surface area contributed by atoms with E-state index >= 15 is 0 Å². The van der Waals surface area contributed by atoms with Crippen molar-refractivity contribution < 1.29 is 18.3 Å². The van der Waals surface area contributed by atoms with Crippen LogP contribution in [-0.2, 0) is 11.3 Å². The predicted octanol–water partition coefficient (Wildman–Crippen LogP) is 2.22. The molecule has 0 spiro atoms. The SMILES string of the molecule is O=C(c1ccc(F)c(F)c1)N1CCN(c2nc(CN3CCOCC3)cs2)CC1. The van der Waals surface area contributed by atoms with Crippen molar-refractivity contribution in [2.24, 2.45) is 0 Å². The van der Waals surface area contributed by atoms with Crippen molar-refractivity contribution in [3.05, 3.63) is 46.5 Å². The smallest absolute Gasteiger partial charge is 0.254 e. The number of piperazine rings is 1. The first kappa shape index (κ1) is 19.2. The number of carbonyl (C=O) groups excluding carboxylic acids is 1. The highest BCUT2D eigenvalue weighted by Crippen LogP contribution is 2.23. The molecular formula is C19H22F2N4O2S. The zero-order chi connectivity index (χ0) is 19.5. The Kier molecular flexibility index (Phi) is 5.84. The van der Waals surface area contributed by atoms with Crippen LogP contribution in [0.1, 0.15) is 16.1 Å². The number of hydrogen-bond acceptors (Lipinski definition) is 6. The van der Waals surface area contributed by atoms with Crippen molar-refractivity contribution in [3.8, 4) is 0 Å². The number of aromatic nitrogens is 1. The fraction of sp³-hybridized carbons (Fsp3) is 0.474. The minimum atomic E-state index is -1.000. The molecule has 0 bridgehead atoms. The van der Waals surface area contributed by atoms with Gasteiger partial charge in [0.1, 0.15) is 0 Å². The lowest BCUT2D eigenvalue weighted by Gasteiger charge is -2.34. The molecule has 0 aliphatic carbocycles. The lowest BCUT2D eigenvalue weighted by Crippen LogP contribution is -2.48. The van der Waals surface area contributed by atoms with Gasteiger partial charge in [-0.05, 0) is 18.2 Å². The molecule has 4 rings (SSSR count). The van der Waals surface area contributed by atoms with Crippen LogP contribution in [0.15, 0.2) is 23.6 Å². The number of anilines is 1. The second-order valence-corrected chi connectivity index (χ2v) is 7.75. The number of thiazole rings is 1. The van der Waals surface area contributed by atoms with Gasteiger partial charge in [0.2, 0.25) is 0 Å². The third-order valence-corrected chi connectivity index (χ3v) is 5.98. The van der Waals surface area contributed by atoms with Gasteiger partial charge in [0.05, 0.1) is 18.9 Å². The van der Waals surface area contributed by atoms with E-state index < -0.39 is 11.6 Å². The average molecular weight is 408 g/mol. The van der Waals surface area contributed by atoms with Crippen LogP contribution in [-0.4, -0.2) is 73.2 Å². The lowest BCUT2D eigenvalue weighted by atomic mass is 10.1. The number of amides is 1. The summed E-state index contributed by atoms with van der Waals surface area (Å²) in [6, 6.07) is 3.28. The van der Waals surface area contributed by atoms with E-state index in [1.165, 1.54) is 6.07 Å². The fourth-order valence-electron chi connectivity index (χ4n) is 3.42. The molecule has 0 saturated carbocycles. The molecule has 0 N–H and O–H groups in total. The number of rotatable bonds is 4. The van der Waals surface area contributed by atoms with Gasteiger partial charge in [-0.3, -0.25) is 9.69 Å². The summed E-state index contributed by atoms with van der Waals surface area (Å²) in [4.78, 5) is 23.4. The van der Waals surface area contributed by atoms with E-state index in [1.54, 1.807) is 16.2 Å². The van der Waals surface area contributed by atoms with E-state index in [9.17, 15) is 13.6 Å². The summed E-state index contributed by atoms with van der Waals surface area (Å²) in [6.45, 7) is 6.60. The van der Waals surface area contributed by atoms with Crippen LogP contribution in [0.5, 0.6) is 0 Å². The van der Waals surface area contributed by atoms with E-state index in [0.29, 0.717) is 26.2 Å². The van der Waals surface area contributed by atoms with Crippen molar-refractivity contribution in [2.45, 2.75) is 6.54 Å². The van der Waals surface area contributed by atoms with Crippen LogP contribution in [0.2, 0.25) is 0 Å². The maximum Gasteiger partial charge on any atom is 0.254 e. The van der Waals surface area contributed by atoms with Crippen molar-refractivity contribution in [3.63, 3.8) is 0 Å². The minimum absolute atomic E-state index is 0.175. The number of benzene rings is 1. The van der Waals surface area contributed by atoms with Crippen LogP contribution in [0.3, 0.4) is 0 Å². The number of halogens is 2. The summed E-state index contributed by atoms with van der Waals surface area (Å²) < 4.78 is 31.8. The van der Waals surface area contributed by atoms with Crippen LogP contribution in [0.4, 0.5) is 13.9 Å². The van der Waals surface area contributed by atoms with E-state index in [2.05, 4.69) is 15.2 Å². The average Bonchev–Trinajstić information content (AvgIpc) is 3.19. The molecule has 2 aromatic rings. The third kappa shape index (κ3) is 4.31. The molecule has 0 radical (unpaired) electrons. The van der Waals surface area contributed by atoms with Gasteiger partial charge in [-0.1, -0.05) is 0 Å². The number of hydrogen-bond donors (Lipinski definition) is 0. The largest absolute Gasteiger partial charge is 0.379 e. The molecular weight excluding hydrogens is 386 g/mol. The highest BCUT2D eigenvalue weighted by atomic mass is 32.1. The lowest BCUT2D eigenvalue weighted by molar-refractivity contribution is 0.0337. The monoisotopic (exact) mass is 408 g/mol. The Bertz CT molecular complexity index is 833. The normalized spacial score (nSPS) is 18.5. The molecule has 2 aliphatic rings. The van der Waals surface area contributed by atoms with Gasteiger partial charge < -0.3 is 14.5 Å². The van der Waals surface area contributed by atoms with Crippen LogP contribution in [0, 0.1) is 11.6 Å². The highest BCUT2D eigenvalue weighted by molar-refractivity contribution is 7.13. The molecule has 9 heteroatoms. The van der Waals surface area contributed by atoms with E-state index in [0.717, 1.165) is 55.8 Å². The third-order valence-electron chi connectivity index (χ3n) is 5.03. The summed E-state index contributed by atoms with van der Waals surface area (Å²) >= 11 is 1.62. The zero-order valence-electron chi connectivity index (χ0n) is 15.4. The Balaban J connectivity index is 1.32. The predicted molar refractivity (Wildman–Crippen MR) is 103 cm³/mol. The zero-order valence-corrected chi connectivity index (χ0v) is 16.3. The van der Waals surface area contributed by atoms with E-state index in [-0.39, 0.29) is 11.5 Å². The number of ether oxygens (including phenoxy) is 1. The first-order valence-corrected chi connectivity index (χ1v) is 10.2. The Morgan fingerprint density at radius 1 is 1.07 bits per heavy atom. The molecule has 0 atom stereocenters. The van der Waals surface area contributed by atoms with Gasteiger partial charge in [0.25, 0.3) is 5.91 Å². The first-order chi connectivity index (χ1) is 13.6. The maximum atomic E-state index is 13.4. The van der Waals surface area contributed by atoms with Crippen molar-refractivity contribution >= 4 is 22.4 Å². The standard InChI is InChI=1S/C19H22F2N4O2S/c20-16-2-1-14(11-17(16)21)18(26)24-3-5-25(6-4-24)19-22-15(13-28-19)12-23-7-9-27-10-8-23/h1-2,11,13H,3-10,12H2. The first-order valence-electron chi connectivity index (χ1n) is 9.34. The van der Waals surface area contributed by atoms with Gasteiger partial charge >= 0.3 is 0 Å². The minimum Gasteiger partial charge on any atom is -0.379 e. The topological polar surface area (TPSA) is 48.9 Å². The molecule has 1 aromatic carbocycles. The van der Waals surface area contributed by atoms with Crippen LogP contribution in [0.25, 0.3) is 0 Å². The Morgan fingerprint density at radius 2 is 1.82 bits per heavy atom. The summed E-state index contributed by atoms with van der Waals surface area (Å²) in [7, 11) is 0. The number of nitrogens with zero attached hydrogens (tertiary/aromatic N) is 4. The molecule has 28 heavy (non-hydrogen) atoms.